The maximum Gasteiger partial charge on any atom is 0.338 e. The van der Waals surface area contributed by atoms with Crippen molar-refractivity contribution in [1.82, 2.24) is 0 Å². The molecule has 0 amide bonds. The summed E-state index contributed by atoms with van der Waals surface area (Å²) in [5, 5.41) is 0.504. The SMILES string of the molecule is CC(OC(=O)c1ccc(NS(C)(=O)=O)cc1)C(=O)c1ccc(Cl)cc1. The minimum Gasteiger partial charge on any atom is -0.451 e. The number of ketones is 1. The monoisotopic (exact) mass is 381 g/mol. The summed E-state index contributed by atoms with van der Waals surface area (Å²) in [4.78, 5) is 24.3. The molecule has 0 fully saturated rings. The van der Waals surface area contributed by atoms with Gasteiger partial charge in [-0.3, -0.25) is 9.52 Å². The van der Waals surface area contributed by atoms with Crippen molar-refractivity contribution in [3.63, 3.8) is 0 Å². The highest BCUT2D eigenvalue weighted by molar-refractivity contribution is 7.92. The summed E-state index contributed by atoms with van der Waals surface area (Å²) in [5.74, 6) is -1.03. The molecule has 132 valence electrons. The van der Waals surface area contributed by atoms with Crippen LogP contribution in [0.15, 0.2) is 48.5 Å². The van der Waals surface area contributed by atoms with Gasteiger partial charge in [0.1, 0.15) is 0 Å². The predicted molar refractivity (Wildman–Crippen MR) is 95.6 cm³/mol. The van der Waals surface area contributed by atoms with Gasteiger partial charge in [-0.15, -0.1) is 0 Å². The van der Waals surface area contributed by atoms with Gasteiger partial charge in [0.25, 0.3) is 0 Å². The first-order valence-electron chi connectivity index (χ1n) is 7.24. The second-order valence-corrected chi connectivity index (χ2v) is 7.56. The van der Waals surface area contributed by atoms with Gasteiger partial charge in [0, 0.05) is 16.3 Å². The molecule has 2 aromatic carbocycles. The van der Waals surface area contributed by atoms with E-state index >= 15 is 0 Å². The molecule has 0 aliphatic carbocycles. The molecule has 6 nitrogen and oxygen atoms in total. The van der Waals surface area contributed by atoms with E-state index in [-0.39, 0.29) is 11.3 Å². The largest absolute Gasteiger partial charge is 0.451 e. The number of nitrogens with one attached hydrogen (secondary N) is 1. The maximum absolute atomic E-state index is 12.2. The van der Waals surface area contributed by atoms with Gasteiger partial charge in [-0.1, -0.05) is 11.6 Å². The molecule has 0 saturated carbocycles. The third-order valence-corrected chi connectivity index (χ3v) is 4.06. The third kappa shape index (κ3) is 5.58. The second kappa shape index (κ2) is 7.67. The van der Waals surface area contributed by atoms with Gasteiger partial charge in [-0.25, -0.2) is 13.2 Å². The standard InChI is InChI=1S/C17H16ClNO5S/c1-11(16(20)12-3-7-14(18)8-4-12)24-17(21)13-5-9-15(10-6-13)19-25(2,22)23/h3-11,19H,1-2H3. The van der Waals surface area contributed by atoms with Crippen LogP contribution >= 0.6 is 11.6 Å². The molecular formula is C17H16ClNO5S. The lowest BCUT2D eigenvalue weighted by Gasteiger charge is -2.13. The summed E-state index contributed by atoms with van der Waals surface area (Å²) in [5.41, 5.74) is 0.913. The van der Waals surface area contributed by atoms with Gasteiger partial charge in [0.15, 0.2) is 6.10 Å². The fraction of sp³-hybridized carbons (Fsp3) is 0.176. The van der Waals surface area contributed by atoms with Gasteiger partial charge in [-0.05, 0) is 55.5 Å². The number of sulfonamides is 1. The highest BCUT2D eigenvalue weighted by atomic mass is 35.5. The smallest absolute Gasteiger partial charge is 0.338 e. The van der Waals surface area contributed by atoms with Crippen LogP contribution in [0.5, 0.6) is 0 Å². The quantitative estimate of drug-likeness (QED) is 0.613. The van der Waals surface area contributed by atoms with E-state index < -0.39 is 22.1 Å². The first-order valence-corrected chi connectivity index (χ1v) is 9.51. The number of anilines is 1. The first kappa shape index (κ1) is 19.0. The second-order valence-electron chi connectivity index (χ2n) is 5.37. The van der Waals surface area contributed by atoms with Crippen LogP contribution in [-0.4, -0.2) is 32.5 Å². The molecule has 1 atom stereocenters. The fourth-order valence-electron chi connectivity index (χ4n) is 2.02. The topological polar surface area (TPSA) is 89.5 Å². The Bertz CT molecular complexity index is 876. The number of halogens is 1. The van der Waals surface area contributed by atoms with E-state index in [0.29, 0.717) is 16.3 Å². The van der Waals surface area contributed by atoms with E-state index in [0.717, 1.165) is 6.26 Å². The Kier molecular flexibility index (Phi) is 5.81. The number of hydrogen-bond acceptors (Lipinski definition) is 5. The Morgan fingerprint density at radius 3 is 2.04 bits per heavy atom. The average Bonchev–Trinajstić information content (AvgIpc) is 2.54. The molecule has 0 saturated heterocycles. The highest BCUT2D eigenvalue weighted by Gasteiger charge is 2.20. The third-order valence-electron chi connectivity index (χ3n) is 3.21. The maximum atomic E-state index is 12.2. The molecule has 25 heavy (non-hydrogen) atoms. The van der Waals surface area contributed by atoms with Crippen LogP contribution in [0.3, 0.4) is 0 Å². The summed E-state index contributed by atoms with van der Waals surface area (Å²) in [7, 11) is -3.39. The summed E-state index contributed by atoms with van der Waals surface area (Å²) in [6.07, 6.45) is 0.0571. The van der Waals surface area contributed by atoms with Crippen molar-refractivity contribution in [1.29, 1.82) is 0 Å². The lowest BCUT2D eigenvalue weighted by Crippen LogP contribution is -2.24. The van der Waals surface area contributed by atoms with Crippen molar-refractivity contribution in [2.45, 2.75) is 13.0 Å². The van der Waals surface area contributed by atoms with Crippen LogP contribution in [0, 0.1) is 0 Å². The summed E-state index contributed by atoms with van der Waals surface area (Å²) in [6, 6.07) is 12.0. The molecule has 1 N–H and O–H groups in total. The Hall–Kier alpha value is -2.38. The van der Waals surface area contributed by atoms with Gasteiger partial charge in [0.2, 0.25) is 15.8 Å². The van der Waals surface area contributed by atoms with E-state index in [2.05, 4.69) is 4.72 Å². The van der Waals surface area contributed by atoms with Gasteiger partial charge in [-0.2, -0.15) is 0 Å². The molecule has 0 aliphatic heterocycles. The molecule has 1 unspecified atom stereocenters. The first-order chi connectivity index (χ1) is 11.7. The predicted octanol–water partition coefficient (Wildman–Crippen LogP) is 3.14. The lowest BCUT2D eigenvalue weighted by atomic mass is 10.1. The van der Waals surface area contributed by atoms with Gasteiger partial charge in [0.05, 0.1) is 11.8 Å². The fourth-order valence-corrected chi connectivity index (χ4v) is 2.71. The number of Topliss-reactive ketones (excluding diaryl/α,β-unsaturated/α-hetero) is 1. The lowest BCUT2D eigenvalue weighted by molar-refractivity contribution is 0.0319. The molecular weight excluding hydrogens is 366 g/mol. The zero-order valence-electron chi connectivity index (χ0n) is 13.5. The molecule has 0 radical (unpaired) electrons. The molecule has 0 aromatic heterocycles. The van der Waals surface area contributed by atoms with Gasteiger partial charge >= 0.3 is 5.97 Å². The minimum atomic E-state index is -3.39. The summed E-state index contributed by atoms with van der Waals surface area (Å²) >= 11 is 5.77. The van der Waals surface area contributed by atoms with Crippen molar-refractivity contribution < 1.29 is 22.7 Å². The zero-order valence-corrected chi connectivity index (χ0v) is 15.1. The van der Waals surface area contributed by atoms with Crippen LogP contribution in [0.4, 0.5) is 5.69 Å². The summed E-state index contributed by atoms with van der Waals surface area (Å²) < 4.78 is 29.7. The van der Waals surface area contributed by atoms with Crippen molar-refractivity contribution in [2.75, 3.05) is 11.0 Å². The number of esters is 1. The minimum absolute atomic E-state index is 0.204. The van der Waals surface area contributed by atoms with Gasteiger partial charge < -0.3 is 4.74 Å². The summed E-state index contributed by atoms with van der Waals surface area (Å²) in [6.45, 7) is 1.48. The Morgan fingerprint density at radius 2 is 1.52 bits per heavy atom. The van der Waals surface area contributed by atoms with Crippen molar-refractivity contribution >= 4 is 39.1 Å². The molecule has 2 rings (SSSR count). The molecule has 0 bridgehead atoms. The molecule has 8 heteroatoms. The van der Waals surface area contributed by atoms with E-state index in [9.17, 15) is 18.0 Å². The van der Waals surface area contributed by atoms with Crippen LogP contribution in [0.2, 0.25) is 5.02 Å². The van der Waals surface area contributed by atoms with Crippen molar-refractivity contribution in [3.05, 3.63) is 64.7 Å². The van der Waals surface area contributed by atoms with E-state index in [1.807, 2.05) is 0 Å². The Labute approximate surface area is 150 Å². The Morgan fingerprint density at radius 1 is 1.00 bits per heavy atom. The van der Waals surface area contributed by atoms with Crippen molar-refractivity contribution in [3.8, 4) is 0 Å². The van der Waals surface area contributed by atoms with E-state index in [1.165, 1.54) is 31.2 Å². The van der Waals surface area contributed by atoms with Crippen LogP contribution in [0.25, 0.3) is 0 Å². The number of ether oxygens (including phenoxy) is 1. The number of carbonyl (C=O) groups is 2. The molecule has 0 aliphatic rings. The number of benzene rings is 2. The van der Waals surface area contributed by atoms with Crippen LogP contribution < -0.4 is 4.72 Å². The Balaban J connectivity index is 2.03. The normalized spacial score (nSPS) is 12.3. The molecule has 0 spiro atoms. The van der Waals surface area contributed by atoms with Crippen LogP contribution in [-0.2, 0) is 14.8 Å². The molecule has 0 heterocycles. The number of rotatable bonds is 6. The zero-order chi connectivity index (χ0) is 18.6. The number of carbonyl (C=O) groups excluding carboxylic acids is 2. The number of hydrogen-bond donors (Lipinski definition) is 1. The molecule has 2 aromatic rings. The average molecular weight is 382 g/mol. The van der Waals surface area contributed by atoms with Crippen molar-refractivity contribution in [2.24, 2.45) is 0 Å². The highest BCUT2D eigenvalue weighted by Crippen LogP contribution is 2.15. The van der Waals surface area contributed by atoms with E-state index in [1.54, 1.807) is 24.3 Å². The van der Waals surface area contributed by atoms with E-state index in [4.69, 9.17) is 16.3 Å². The van der Waals surface area contributed by atoms with Crippen LogP contribution in [0.1, 0.15) is 27.6 Å².